The van der Waals surface area contributed by atoms with Crippen molar-refractivity contribution in [3.8, 4) is 0 Å². The highest BCUT2D eigenvalue weighted by Gasteiger charge is 2.15. The Labute approximate surface area is 139 Å². The standard InChI is InChI=1S/C19H28O4/c1-13(2)18-8-6-7-17(11-18)10-15(4)19(20)23-16(5)9-14(3)12-22-21/h6-8,10-11,13-14,16,21H,9,12H2,1-5H3. The molecule has 4 heteroatoms. The Bertz CT molecular complexity index is 534. The van der Waals surface area contributed by atoms with Crippen molar-refractivity contribution in [2.75, 3.05) is 6.61 Å². The van der Waals surface area contributed by atoms with Crippen LogP contribution in [0.25, 0.3) is 6.08 Å². The van der Waals surface area contributed by atoms with Gasteiger partial charge in [0.2, 0.25) is 0 Å². The van der Waals surface area contributed by atoms with Gasteiger partial charge in [-0.05, 0) is 49.3 Å². The van der Waals surface area contributed by atoms with Crippen molar-refractivity contribution >= 4 is 12.0 Å². The van der Waals surface area contributed by atoms with Crippen LogP contribution in [0.1, 0.15) is 58.1 Å². The number of esters is 1. The van der Waals surface area contributed by atoms with Gasteiger partial charge in [-0.25, -0.2) is 9.68 Å². The molecule has 0 amide bonds. The van der Waals surface area contributed by atoms with Crippen molar-refractivity contribution in [1.29, 1.82) is 0 Å². The minimum absolute atomic E-state index is 0.120. The number of rotatable bonds is 8. The zero-order chi connectivity index (χ0) is 17.4. The number of carbonyl (C=O) groups excluding carboxylic acids is 1. The molecule has 0 aliphatic heterocycles. The van der Waals surface area contributed by atoms with E-state index in [0.29, 0.717) is 17.9 Å². The molecule has 1 rings (SSSR count). The molecular formula is C19H28O4. The Morgan fingerprint density at radius 1 is 1.26 bits per heavy atom. The highest BCUT2D eigenvalue weighted by atomic mass is 17.1. The lowest BCUT2D eigenvalue weighted by molar-refractivity contribution is -0.251. The van der Waals surface area contributed by atoms with E-state index in [4.69, 9.17) is 9.99 Å². The second kappa shape index (κ2) is 9.48. The van der Waals surface area contributed by atoms with E-state index in [1.54, 1.807) is 6.92 Å². The molecule has 0 radical (unpaired) electrons. The highest BCUT2D eigenvalue weighted by Crippen LogP contribution is 2.18. The fourth-order valence-corrected chi connectivity index (χ4v) is 2.40. The van der Waals surface area contributed by atoms with E-state index in [1.165, 1.54) is 5.56 Å². The highest BCUT2D eigenvalue weighted by molar-refractivity contribution is 5.93. The SMILES string of the molecule is CC(=Cc1cccc(C(C)C)c1)C(=O)OC(C)CC(C)COO. The van der Waals surface area contributed by atoms with E-state index < -0.39 is 0 Å². The van der Waals surface area contributed by atoms with Gasteiger partial charge in [-0.15, -0.1) is 0 Å². The summed E-state index contributed by atoms with van der Waals surface area (Å²) >= 11 is 0. The predicted molar refractivity (Wildman–Crippen MR) is 92.1 cm³/mol. The summed E-state index contributed by atoms with van der Waals surface area (Å²) in [5.41, 5.74) is 2.82. The molecule has 0 bridgehead atoms. The van der Waals surface area contributed by atoms with E-state index in [1.807, 2.05) is 32.1 Å². The predicted octanol–water partition coefficient (Wildman–Crippen LogP) is 4.66. The Balaban J connectivity index is 2.67. The lowest BCUT2D eigenvalue weighted by Gasteiger charge is -2.17. The Morgan fingerprint density at radius 2 is 1.96 bits per heavy atom. The quantitative estimate of drug-likeness (QED) is 0.327. The topological polar surface area (TPSA) is 55.8 Å². The van der Waals surface area contributed by atoms with Crippen LogP contribution >= 0.6 is 0 Å². The summed E-state index contributed by atoms with van der Waals surface area (Å²) in [4.78, 5) is 16.3. The third-order valence-electron chi connectivity index (χ3n) is 3.68. The third kappa shape index (κ3) is 6.97. The maximum Gasteiger partial charge on any atom is 0.333 e. The fourth-order valence-electron chi connectivity index (χ4n) is 2.40. The van der Waals surface area contributed by atoms with Crippen LogP contribution < -0.4 is 0 Å². The molecule has 0 aromatic heterocycles. The van der Waals surface area contributed by atoms with Crippen LogP contribution in [0.3, 0.4) is 0 Å². The molecule has 0 heterocycles. The molecule has 0 spiro atoms. The van der Waals surface area contributed by atoms with Gasteiger partial charge in [0, 0.05) is 5.57 Å². The van der Waals surface area contributed by atoms with E-state index in [-0.39, 0.29) is 24.6 Å². The largest absolute Gasteiger partial charge is 0.459 e. The van der Waals surface area contributed by atoms with Crippen LogP contribution in [0.4, 0.5) is 0 Å². The summed E-state index contributed by atoms with van der Waals surface area (Å²) in [7, 11) is 0. The van der Waals surface area contributed by atoms with Crippen LogP contribution in [0.2, 0.25) is 0 Å². The van der Waals surface area contributed by atoms with Crippen LogP contribution in [-0.2, 0) is 14.4 Å². The summed E-state index contributed by atoms with van der Waals surface area (Å²) in [5, 5.41) is 8.43. The lowest BCUT2D eigenvalue weighted by Crippen LogP contribution is -2.20. The van der Waals surface area contributed by atoms with E-state index >= 15 is 0 Å². The molecule has 4 nitrogen and oxygen atoms in total. The first kappa shape index (κ1) is 19.4. The van der Waals surface area contributed by atoms with Crippen molar-refractivity contribution in [1.82, 2.24) is 0 Å². The monoisotopic (exact) mass is 320 g/mol. The molecule has 1 aromatic rings. The van der Waals surface area contributed by atoms with Crippen LogP contribution in [0.5, 0.6) is 0 Å². The van der Waals surface area contributed by atoms with Crippen molar-refractivity contribution in [2.24, 2.45) is 5.92 Å². The number of benzene rings is 1. The molecule has 0 saturated carbocycles. The van der Waals surface area contributed by atoms with E-state index in [0.717, 1.165) is 5.56 Å². The van der Waals surface area contributed by atoms with Gasteiger partial charge in [0.05, 0.1) is 12.7 Å². The molecule has 0 aliphatic carbocycles. The average Bonchev–Trinajstić information content (AvgIpc) is 2.47. The molecule has 1 aromatic carbocycles. The second-order valence-electron chi connectivity index (χ2n) is 6.50. The maximum absolute atomic E-state index is 12.1. The summed E-state index contributed by atoms with van der Waals surface area (Å²) in [6.45, 7) is 10.1. The van der Waals surface area contributed by atoms with Crippen LogP contribution in [0.15, 0.2) is 29.8 Å². The molecule has 1 N–H and O–H groups in total. The van der Waals surface area contributed by atoms with Crippen LogP contribution in [0, 0.1) is 5.92 Å². The lowest BCUT2D eigenvalue weighted by atomic mass is 10.00. The zero-order valence-electron chi connectivity index (χ0n) is 14.7. The fraction of sp³-hybridized carbons (Fsp3) is 0.526. The molecular weight excluding hydrogens is 292 g/mol. The summed E-state index contributed by atoms with van der Waals surface area (Å²) in [6, 6.07) is 8.15. The number of carbonyl (C=O) groups is 1. The average molecular weight is 320 g/mol. The first-order valence-corrected chi connectivity index (χ1v) is 8.09. The molecule has 0 fully saturated rings. The van der Waals surface area contributed by atoms with Gasteiger partial charge < -0.3 is 4.74 Å². The molecule has 2 unspecified atom stereocenters. The molecule has 0 aliphatic rings. The van der Waals surface area contributed by atoms with Crippen LogP contribution in [-0.4, -0.2) is 23.9 Å². The van der Waals surface area contributed by atoms with Crippen molar-refractivity contribution in [3.05, 3.63) is 41.0 Å². The molecule has 2 atom stereocenters. The molecule has 23 heavy (non-hydrogen) atoms. The first-order chi connectivity index (χ1) is 10.8. The van der Waals surface area contributed by atoms with Gasteiger partial charge in [0.15, 0.2) is 0 Å². The maximum atomic E-state index is 12.1. The van der Waals surface area contributed by atoms with Gasteiger partial charge in [-0.2, -0.15) is 0 Å². The Hall–Kier alpha value is -1.65. The molecule has 128 valence electrons. The van der Waals surface area contributed by atoms with Gasteiger partial charge in [-0.1, -0.05) is 45.0 Å². The van der Waals surface area contributed by atoms with E-state index in [9.17, 15) is 4.79 Å². The minimum Gasteiger partial charge on any atom is -0.459 e. The zero-order valence-corrected chi connectivity index (χ0v) is 14.7. The van der Waals surface area contributed by atoms with Gasteiger partial charge >= 0.3 is 5.97 Å². The van der Waals surface area contributed by atoms with Crippen molar-refractivity contribution < 1.29 is 19.7 Å². The van der Waals surface area contributed by atoms with Gasteiger partial charge in [0.1, 0.15) is 0 Å². The van der Waals surface area contributed by atoms with Crippen molar-refractivity contribution in [2.45, 2.75) is 53.1 Å². The summed E-state index contributed by atoms with van der Waals surface area (Å²) in [6.07, 6.45) is 2.27. The number of hydrogen-bond donors (Lipinski definition) is 1. The summed E-state index contributed by atoms with van der Waals surface area (Å²) < 4.78 is 5.43. The van der Waals surface area contributed by atoms with Crippen molar-refractivity contribution in [3.63, 3.8) is 0 Å². The first-order valence-electron chi connectivity index (χ1n) is 8.09. The Morgan fingerprint density at radius 3 is 2.57 bits per heavy atom. The summed E-state index contributed by atoms with van der Waals surface area (Å²) in [5.74, 6) is 0.255. The van der Waals surface area contributed by atoms with Gasteiger partial charge in [-0.3, -0.25) is 5.26 Å². The van der Waals surface area contributed by atoms with Gasteiger partial charge in [0.25, 0.3) is 0 Å². The number of hydrogen-bond acceptors (Lipinski definition) is 4. The third-order valence-corrected chi connectivity index (χ3v) is 3.68. The molecule has 0 saturated heterocycles. The Kier molecular flexibility index (Phi) is 8.00. The minimum atomic E-state index is -0.315. The van der Waals surface area contributed by atoms with E-state index in [2.05, 4.69) is 30.9 Å². The number of ether oxygens (including phenoxy) is 1. The smallest absolute Gasteiger partial charge is 0.333 e. The second-order valence-corrected chi connectivity index (χ2v) is 6.50. The normalized spacial score (nSPS) is 14.7.